The molecule has 4 heterocycles. The molecule has 0 unspecified atom stereocenters. The summed E-state index contributed by atoms with van der Waals surface area (Å²) in [4.78, 5) is 26.3. The molecule has 0 aliphatic carbocycles. The molecule has 0 bridgehead atoms. The second-order valence-corrected chi connectivity index (χ2v) is 9.96. The molecular weight excluding hydrogens is 448 g/mol. The molecule has 5 aromatic rings. The molecule has 170 valence electrons. The summed E-state index contributed by atoms with van der Waals surface area (Å²) in [6.07, 6.45) is 2.22. The van der Waals surface area contributed by atoms with Gasteiger partial charge in [-0.1, -0.05) is 48.2 Å². The molecule has 1 aliphatic rings. The van der Waals surface area contributed by atoms with Crippen LogP contribution in [0.25, 0.3) is 33.0 Å². The van der Waals surface area contributed by atoms with Gasteiger partial charge in [-0.25, -0.2) is 15.0 Å². The van der Waals surface area contributed by atoms with Crippen molar-refractivity contribution in [3.63, 3.8) is 0 Å². The van der Waals surface area contributed by atoms with Crippen molar-refractivity contribution in [1.29, 1.82) is 0 Å². The van der Waals surface area contributed by atoms with E-state index in [1.807, 2.05) is 48.5 Å². The van der Waals surface area contributed by atoms with E-state index in [9.17, 15) is 4.79 Å². The Kier molecular flexibility index (Phi) is 5.00. The number of furan rings is 1. The van der Waals surface area contributed by atoms with Gasteiger partial charge in [0.2, 0.25) is 11.6 Å². The van der Waals surface area contributed by atoms with E-state index in [0.717, 1.165) is 39.5 Å². The van der Waals surface area contributed by atoms with E-state index in [1.54, 1.807) is 0 Å². The molecule has 3 aromatic heterocycles. The third kappa shape index (κ3) is 3.78. The number of carbonyl (C=O) groups is 1. The maximum absolute atomic E-state index is 12.7. The lowest BCUT2D eigenvalue weighted by molar-refractivity contribution is -0.113. The van der Waals surface area contributed by atoms with E-state index in [2.05, 4.69) is 29.1 Å². The van der Waals surface area contributed by atoms with Crippen LogP contribution in [0, 0.1) is 0 Å². The molecule has 1 aliphatic heterocycles. The summed E-state index contributed by atoms with van der Waals surface area (Å²) in [5.41, 5.74) is 4.36. The normalized spacial score (nSPS) is 15.0. The first-order chi connectivity index (χ1) is 16.5. The van der Waals surface area contributed by atoms with Gasteiger partial charge in [0.1, 0.15) is 16.9 Å². The van der Waals surface area contributed by atoms with Crippen LogP contribution in [0.1, 0.15) is 25.1 Å². The highest BCUT2D eigenvalue weighted by Crippen LogP contribution is 2.35. The number of ether oxygens (including phenoxy) is 1. The van der Waals surface area contributed by atoms with Gasteiger partial charge in [0, 0.05) is 23.1 Å². The van der Waals surface area contributed by atoms with Crippen molar-refractivity contribution in [2.75, 3.05) is 11.1 Å². The Bertz CT molecular complexity index is 1570. The number of aromatic nitrogens is 3. The highest BCUT2D eigenvalue weighted by atomic mass is 32.2. The molecule has 6 rings (SSSR count). The summed E-state index contributed by atoms with van der Waals surface area (Å²) in [5, 5.41) is 6.55. The van der Waals surface area contributed by atoms with E-state index < -0.39 is 0 Å². The number of nitrogens with zero attached hydrogens (tertiary/aromatic N) is 3. The van der Waals surface area contributed by atoms with Crippen LogP contribution in [0.4, 0.5) is 5.69 Å². The second-order valence-electron chi connectivity index (χ2n) is 8.99. The third-order valence-electron chi connectivity index (χ3n) is 6.00. The van der Waals surface area contributed by atoms with Gasteiger partial charge in [-0.3, -0.25) is 4.79 Å². The number of benzene rings is 2. The van der Waals surface area contributed by atoms with Gasteiger partial charge in [-0.05, 0) is 31.4 Å². The van der Waals surface area contributed by atoms with E-state index in [0.29, 0.717) is 28.4 Å². The maximum Gasteiger partial charge on any atom is 0.234 e. The molecular formula is C26H22N4O3S. The Morgan fingerprint density at radius 1 is 1.12 bits per heavy atom. The lowest BCUT2D eigenvalue weighted by Gasteiger charge is -2.30. The lowest BCUT2D eigenvalue weighted by Crippen LogP contribution is -2.32. The summed E-state index contributed by atoms with van der Waals surface area (Å²) >= 11 is 1.32. The molecule has 0 saturated heterocycles. The fourth-order valence-electron chi connectivity index (χ4n) is 4.32. The van der Waals surface area contributed by atoms with Crippen LogP contribution in [0.5, 0.6) is 0 Å². The van der Waals surface area contributed by atoms with Gasteiger partial charge in [0.05, 0.1) is 29.0 Å². The fraction of sp³-hybridized carbons (Fsp3) is 0.231. The van der Waals surface area contributed by atoms with Gasteiger partial charge in [-0.2, -0.15) is 0 Å². The molecule has 7 nitrogen and oxygen atoms in total. The molecule has 0 radical (unpaired) electrons. The Morgan fingerprint density at radius 3 is 2.88 bits per heavy atom. The van der Waals surface area contributed by atoms with Crippen LogP contribution in [-0.4, -0.2) is 32.2 Å². The molecule has 2 aromatic carbocycles. The molecule has 1 amide bonds. The molecule has 0 fully saturated rings. The lowest BCUT2D eigenvalue weighted by atomic mass is 9.95. The minimum atomic E-state index is -0.252. The average Bonchev–Trinajstić information content (AvgIpc) is 3.19. The number of hydrogen-bond donors (Lipinski definition) is 1. The number of fused-ring (bicyclic) bond motifs is 5. The summed E-state index contributed by atoms with van der Waals surface area (Å²) in [6.45, 7) is 4.63. The third-order valence-corrected chi connectivity index (χ3v) is 6.97. The second kappa shape index (κ2) is 8.07. The van der Waals surface area contributed by atoms with Crippen molar-refractivity contribution in [3.8, 4) is 0 Å². The van der Waals surface area contributed by atoms with Crippen molar-refractivity contribution in [3.05, 3.63) is 66.1 Å². The largest absolute Gasteiger partial charge is 0.433 e. The Labute approximate surface area is 199 Å². The maximum atomic E-state index is 12.7. The number of amides is 1. The van der Waals surface area contributed by atoms with E-state index in [-0.39, 0.29) is 17.3 Å². The first-order valence-corrected chi connectivity index (χ1v) is 12.1. The minimum absolute atomic E-state index is 0.114. The topological polar surface area (TPSA) is 90.1 Å². The van der Waals surface area contributed by atoms with Crippen molar-refractivity contribution in [2.24, 2.45) is 0 Å². The van der Waals surface area contributed by atoms with Crippen molar-refractivity contribution in [2.45, 2.75) is 37.5 Å². The van der Waals surface area contributed by atoms with Crippen LogP contribution in [-0.2, 0) is 22.6 Å². The van der Waals surface area contributed by atoms with Gasteiger partial charge in [0.15, 0.2) is 5.58 Å². The number of rotatable bonds is 4. The Morgan fingerprint density at radius 2 is 1.97 bits per heavy atom. The number of carbonyl (C=O) groups excluding carboxylic acids is 1. The molecule has 0 atom stereocenters. The monoisotopic (exact) mass is 470 g/mol. The zero-order chi connectivity index (χ0) is 23.3. The highest BCUT2D eigenvalue weighted by molar-refractivity contribution is 8.00. The van der Waals surface area contributed by atoms with Gasteiger partial charge in [-0.15, -0.1) is 0 Å². The average molecular weight is 471 g/mol. The van der Waals surface area contributed by atoms with Crippen molar-refractivity contribution in [1.82, 2.24) is 15.0 Å². The first-order valence-electron chi connectivity index (χ1n) is 11.1. The smallest absolute Gasteiger partial charge is 0.234 e. The number of thioether (sulfide) groups is 1. The Hall–Kier alpha value is -3.49. The summed E-state index contributed by atoms with van der Waals surface area (Å²) < 4.78 is 12.0. The summed E-state index contributed by atoms with van der Waals surface area (Å²) in [6, 6.07) is 15.9. The fourth-order valence-corrected chi connectivity index (χ4v) is 5.05. The van der Waals surface area contributed by atoms with Crippen molar-refractivity contribution >= 4 is 56.3 Å². The molecule has 8 heteroatoms. The zero-order valence-corrected chi connectivity index (χ0v) is 19.6. The molecule has 1 N–H and O–H groups in total. The highest BCUT2D eigenvalue weighted by Gasteiger charge is 2.28. The number of anilines is 1. The first kappa shape index (κ1) is 21.1. The number of hydrogen-bond acceptors (Lipinski definition) is 7. The standard InChI is InChI=1S/C26H22N4O3S/c1-26(2)11-20-16(12-32-26)10-18-22-23(33-24(18)30-20)25(28-14-27-22)34-13-21(31)29-19-9-5-7-15-6-3-4-8-17(15)19/h3-10,14H,11-13H2,1-2H3,(H,29,31). The van der Waals surface area contributed by atoms with Crippen LogP contribution in [0.15, 0.2) is 64.3 Å². The van der Waals surface area contributed by atoms with Crippen LogP contribution in [0.2, 0.25) is 0 Å². The van der Waals surface area contributed by atoms with Crippen LogP contribution >= 0.6 is 11.8 Å². The zero-order valence-electron chi connectivity index (χ0n) is 18.8. The van der Waals surface area contributed by atoms with E-state index in [4.69, 9.17) is 14.1 Å². The quantitative estimate of drug-likeness (QED) is 0.274. The predicted octanol–water partition coefficient (Wildman–Crippen LogP) is 5.51. The molecule has 0 spiro atoms. The van der Waals surface area contributed by atoms with E-state index in [1.165, 1.54) is 18.1 Å². The summed E-state index contributed by atoms with van der Waals surface area (Å²) in [7, 11) is 0. The minimum Gasteiger partial charge on any atom is -0.433 e. The summed E-state index contributed by atoms with van der Waals surface area (Å²) in [5.74, 6) is 0.0791. The molecule has 34 heavy (non-hydrogen) atoms. The predicted molar refractivity (Wildman–Crippen MR) is 133 cm³/mol. The Balaban J connectivity index is 1.26. The van der Waals surface area contributed by atoms with E-state index >= 15 is 0 Å². The van der Waals surface area contributed by atoms with Crippen molar-refractivity contribution < 1.29 is 13.9 Å². The van der Waals surface area contributed by atoms with Crippen LogP contribution in [0.3, 0.4) is 0 Å². The molecule has 0 saturated carbocycles. The van der Waals surface area contributed by atoms with Gasteiger partial charge >= 0.3 is 0 Å². The van der Waals surface area contributed by atoms with Gasteiger partial charge < -0.3 is 14.5 Å². The van der Waals surface area contributed by atoms with Crippen LogP contribution < -0.4 is 5.32 Å². The SMILES string of the molecule is CC1(C)Cc2nc3oc4c(SCC(=O)Nc5cccc6ccccc56)ncnc4c3cc2CO1. The van der Waals surface area contributed by atoms with Gasteiger partial charge in [0.25, 0.3) is 0 Å². The number of nitrogens with one attached hydrogen (secondary N) is 1. The number of pyridine rings is 1.